The lowest BCUT2D eigenvalue weighted by atomic mass is 9.98. The molecule has 5 N–H and O–H groups in total. The Morgan fingerprint density at radius 3 is 2.38 bits per heavy atom. The third-order valence-corrected chi connectivity index (χ3v) is 4.35. The predicted octanol–water partition coefficient (Wildman–Crippen LogP) is 0.738. The number of hydrogen-bond acceptors (Lipinski definition) is 9. The third-order valence-electron chi connectivity index (χ3n) is 4.35. The van der Waals surface area contributed by atoms with Gasteiger partial charge in [0, 0.05) is 17.8 Å². The van der Waals surface area contributed by atoms with Crippen LogP contribution in [0.2, 0.25) is 0 Å². The standard InChI is InChI=1S/C18H19FN2O8/c19-9-1-3-12(4-2-9)28-13-6-10(5-11(7-13)21(26)27)20-18-17(25)16(24)15(23)14(8-22)29-18/h1-7,14-18,20,22-25H,8H2/t14-,15+,16-,17+,18-/m1/s1. The predicted molar refractivity (Wildman–Crippen MR) is 97.0 cm³/mol. The molecular formula is C18H19FN2O8. The Morgan fingerprint density at radius 1 is 1.07 bits per heavy atom. The summed E-state index contributed by atoms with van der Waals surface area (Å²) in [6.07, 6.45) is -7.12. The number of halogens is 1. The van der Waals surface area contributed by atoms with Crippen LogP contribution in [-0.2, 0) is 4.74 Å². The van der Waals surface area contributed by atoms with Crippen molar-refractivity contribution in [3.05, 3.63) is 58.4 Å². The van der Waals surface area contributed by atoms with E-state index in [1.807, 2.05) is 0 Å². The molecule has 0 unspecified atom stereocenters. The van der Waals surface area contributed by atoms with Crippen LogP contribution in [0.25, 0.3) is 0 Å². The molecule has 1 fully saturated rings. The largest absolute Gasteiger partial charge is 0.457 e. The van der Waals surface area contributed by atoms with E-state index in [0.29, 0.717) is 0 Å². The van der Waals surface area contributed by atoms with Crippen molar-refractivity contribution >= 4 is 11.4 Å². The molecule has 0 radical (unpaired) electrons. The van der Waals surface area contributed by atoms with Gasteiger partial charge in [-0.1, -0.05) is 0 Å². The Hall–Kier alpha value is -2.83. The summed E-state index contributed by atoms with van der Waals surface area (Å²) in [6.45, 7) is -0.614. The first-order valence-electron chi connectivity index (χ1n) is 8.58. The van der Waals surface area contributed by atoms with Crippen molar-refractivity contribution < 1.29 is 39.2 Å². The van der Waals surface area contributed by atoms with Gasteiger partial charge in [0.05, 0.1) is 17.6 Å². The van der Waals surface area contributed by atoms with Crippen LogP contribution >= 0.6 is 0 Å². The molecule has 2 aromatic rings. The first-order valence-corrected chi connectivity index (χ1v) is 8.58. The zero-order valence-corrected chi connectivity index (χ0v) is 14.9. The van der Waals surface area contributed by atoms with Crippen LogP contribution in [0.1, 0.15) is 0 Å². The van der Waals surface area contributed by atoms with Crippen LogP contribution in [0, 0.1) is 15.9 Å². The fourth-order valence-corrected chi connectivity index (χ4v) is 2.85. The maximum Gasteiger partial charge on any atom is 0.275 e. The lowest BCUT2D eigenvalue weighted by Gasteiger charge is -2.40. The molecule has 1 heterocycles. The second-order valence-corrected chi connectivity index (χ2v) is 6.42. The molecule has 0 spiro atoms. The molecule has 0 saturated carbocycles. The average Bonchev–Trinajstić information content (AvgIpc) is 2.70. The van der Waals surface area contributed by atoms with Crippen molar-refractivity contribution in [2.24, 2.45) is 0 Å². The number of nitro benzene ring substituents is 1. The maximum atomic E-state index is 13.0. The number of nitrogens with zero attached hydrogens (tertiary/aromatic N) is 1. The van der Waals surface area contributed by atoms with E-state index in [9.17, 15) is 34.9 Å². The summed E-state index contributed by atoms with van der Waals surface area (Å²) in [5.74, 6) is -0.176. The summed E-state index contributed by atoms with van der Waals surface area (Å²) >= 11 is 0. The summed E-state index contributed by atoms with van der Waals surface area (Å²) in [6, 6.07) is 8.70. The number of aliphatic hydroxyl groups excluding tert-OH is 4. The summed E-state index contributed by atoms with van der Waals surface area (Å²) in [5.41, 5.74) is -0.225. The van der Waals surface area contributed by atoms with Crippen LogP contribution in [0.4, 0.5) is 15.8 Å². The molecule has 0 aliphatic carbocycles. The molecule has 3 rings (SSSR count). The Labute approximate surface area is 163 Å². The number of aliphatic hydroxyl groups is 4. The molecule has 0 aromatic heterocycles. The zero-order valence-electron chi connectivity index (χ0n) is 14.9. The van der Waals surface area contributed by atoms with Crippen LogP contribution in [0.15, 0.2) is 42.5 Å². The highest BCUT2D eigenvalue weighted by atomic mass is 19.1. The number of hydrogen-bond donors (Lipinski definition) is 5. The molecule has 0 bridgehead atoms. The van der Waals surface area contributed by atoms with Gasteiger partial charge < -0.3 is 35.2 Å². The quantitative estimate of drug-likeness (QED) is 0.342. The van der Waals surface area contributed by atoms with Gasteiger partial charge in [0.25, 0.3) is 5.69 Å². The monoisotopic (exact) mass is 410 g/mol. The second-order valence-electron chi connectivity index (χ2n) is 6.42. The van der Waals surface area contributed by atoms with E-state index >= 15 is 0 Å². The van der Waals surface area contributed by atoms with Crippen LogP contribution in [0.3, 0.4) is 0 Å². The smallest absolute Gasteiger partial charge is 0.275 e. The van der Waals surface area contributed by atoms with Gasteiger partial charge in [-0.15, -0.1) is 0 Å². The van der Waals surface area contributed by atoms with E-state index in [0.717, 1.165) is 12.1 Å². The molecule has 2 aromatic carbocycles. The lowest BCUT2D eigenvalue weighted by Crippen LogP contribution is -2.60. The van der Waals surface area contributed by atoms with E-state index in [1.165, 1.54) is 30.3 Å². The van der Waals surface area contributed by atoms with Crippen LogP contribution in [-0.4, -0.2) is 62.6 Å². The van der Waals surface area contributed by atoms with Crippen molar-refractivity contribution in [1.29, 1.82) is 0 Å². The van der Waals surface area contributed by atoms with Crippen molar-refractivity contribution in [3.8, 4) is 11.5 Å². The van der Waals surface area contributed by atoms with E-state index < -0.39 is 48.0 Å². The first kappa shape index (κ1) is 20.9. The van der Waals surface area contributed by atoms with Gasteiger partial charge in [0.15, 0.2) is 6.23 Å². The fraction of sp³-hybridized carbons (Fsp3) is 0.333. The number of anilines is 1. The van der Waals surface area contributed by atoms with Gasteiger partial charge in [-0.25, -0.2) is 4.39 Å². The number of benzene rings is 2. The minimum absolute atomic E-state index is 0.0536. The molecule has 1 saturated heterocycles. The highest BCUT2D eigenvalue weighted by Crippen LogP contribution is 2.31. The average molecular weight is 410 g/mol. The second kappa shape index (κ2) is 8.68. The molecule has 29 heavy (non-hydrogen) atoms. The minimum atomic E-state index is -1.60. The van der Waals surface area contributed by atoms with Gasteiger partial charge >= 0.3 is 0 Å². The van der Waals surface area contributed by atoms with E-state index in [2.05, 4.69) is 5.32 Å². The molecule has 1 aliphatic rings. The van der Waals surface area contributed by atoms with Gasteiger partial charge in [-0.3, -0.25) is 10.1 Å². The Bertz CT molecular complexity index is 863. The number of nitro groups is 1. The Morgan fingerprint density at radius 2 is 1.76 bits per heavy atom. The Kier molecular flexibility index (Phi) is 6.25. The summed E-state index contributed by atoms with van der Waals surface area (Å²) in [7, 11) is 0. The summed E-state index contributed by atoms with van der Waals surface area (Å²) in [5, 5.41) is 53.0. The number of nitrogens with one attached hydrogen (secondary N) is 1. The molecule has 10 nitrogen and oxygen atoms in total. The molecule has 1 aliphatic heterocycles. The van der Waals surface area contributed by atoms with Crippen molar-refractivity contribution in [2.75, 3.05) is 11.9 Å². The maximum absolute atomic E-state index is 13.0. The summed E-state index contributed by atoms with van der Waals surface area (Å²) in [4.78, 5) is 10.6. The normalized spacial score (nSPS) is 26.7. The highest BCUT2D eigenvalue weighted by Gasteiger charge is 2.43. The van der Waals surface area contributed by atoms with Crippen LogP contribution < -0.4 is 10.1 Å². The number of rotatable bonds is 6. The van der Waals surface area contributed by atoms with Gasteiger partial charge in [-0.2, -0.15) is 0 Å². The molecule has 156 valence electrons. The van der Waals surface area contributed by atoms with E-state index in [4.69, 9.17) is 9.47 Å². The Balaban J connectivity index is 1.85. The molecular weight excluding hydrogens is 391 g/mol. The molecule has 11 heteroatoms. The number of ether oxygens (including phenoxy) is 2. The van der Waals surface area contributed by atoms with Crippen molar-refractivity contribution in [3.63, 3.8) is 0 Å². The van der Waals surface area contributed by atoms with E-state index in [-0.39, 0.29) is 22.9 Å². The topological polar surface area (TPSA) is 155 Å². The van der Waals surface area contributed by atoms with Gasteiger partial charge in [-0.05, 0) is 24.3 Å². The van der Waals surface area contributed by atoms with Crippen LogP contribution in [0.5, 0.6) is 11.5 Å². The lowest BCUT2D eigenvalue weighted by molar-refractivity contribution is -0.384. The van der Waals surface area contributed by atoms with Crippen molar-refractivity contribution in [1.82, 2.24) is 0 Å². The number of non-ortho nitro benzene ring substituents is 1. The zero-order chi connectivity index (χ0) is 21.1. The van der Waals surface area contributed by atoms with Crippen molar-refractivity contribution in [2.45, 2.75) is 30.6 Å². The first-order chi connectivity index (χ1) is 13.8. The highest BCUT2D eigenvalue weighted by molar-refractivity contribution is 5.57. The third kappa shape index (κ3) is 4.78. The SMILES string of the molecule is O=[N+]([O-])c1cc(N[C@@H]2O[C@H](CO)[C@H](O)[C@@H](O)[C@@H]2O)cc(Oc2ccc(F)cc2)c1. The molecule has 5 atom stereocenters. The fourth-order valence-electron chi connectivity index (χ4n) is 2.85. The van der Waals surface area contributed by atoms with E-state index in [1.54, 1.807) is 0 Å². The van der Waals surface area contributed by atoms with Gasteiger partial charge in [0.1, 0.15) is 41.7 Å². The van der Waals surface area contributed by atoms with Gasteiger partial charge in [0.2, 0.25) is 0 Å². The minimum Gasteiger partial charge on any atom is -0.457 e. The molecule has 0 amide bonds. The summed E-state index contributed by atoms with van der Waals surface area (Å²) < 4.78 is 23.9.